The average molecular weight is 298 g/mol. The Balaban J connectivity index is 2.39. The first-order valence-corrected chi connectivity index (χ1v) is 8.33. The van der Waals surface area contributed by atoms with Gasteiger partial charge in [0.15, 0.2) is 0 Å². The number of likely N-dealkylation sites (tertiary alicyclic amines) is 1. The molecule has 0 radical (unpaired) electrons. The third-order valence-electron chi connectivity index (χ3n) is 4.85. The molecule has 0 aromatic heterocycles. The van der Waals surface area contributed by atoms with Gasteiger partial charge in [-0.3, -0.25) is 4.79 Å². The third-order valence-corrected chi connectivity index (χ3v) is 4.85. The van der Waals surface area contributed by atoms with Crippen molar-refractivity contribution in [3.63, 3.8) is 0 Å². The Hall–Kier alpha value is -0.610. The number of piperidine rings is 1. The maximum Gasteiger partial charge on any atom is 0.227 e. The van der Waals surface area contributed by atoms with E-state index in [0.717, 1.165) is 32.4 Å². The molecule has 21 heavy (non-hydrogen) atoms. The monoisotopic (exact) mass is 298 g/mol. The fourth-order valence-electron chi connectivity index (χ4n) is 2.73. The molecule has 2 unspecified atom stereocenters. The highest BCUT2D eigenvalue weighted by molar-refractivity contribution is 5.81. The second kappa shape index (κ2) is 7.10. The predicted octanol–water partition coefficient (Wildman–Crippen LogP) is 2.41. The molecule has 2 atom stereocenters. The zero-order valence-corrected chi connectivity index (χ0v) is 14.7. The molecular weight excluding hydrogens is 264 g/mol. The molecule has 0 spiro atoms. The number of hydrogen-bond donors (Lipinski definition) is 2. The maximum absolute atomic E-state index is 12.2. The van der Waals surface area contributed by atoms with Gasteiger partial charge in [-0.2, -0.15) is 0 Å². The van der Waals surface area contributed by atoms with Crippen LogP contribution in [0.5, 0.6) is 0 Å². The van der Waals surface area contributed by atoms with E-state index in [9.17, 15) is 9.90 Å². The Bertz CT molecular complexity index is 339. The second-order valence-electron chi connectivity index (χ2n) is 7.86. The van der Waals surface area contributed by atoms with E-state index in [1.807, 2.05) is 32.6 Å². The first kappa shape index (κ1) is 18.4. The molecular formula is C17H34N2O2. The number of hydrogen-bond acceptors (Lipinski definition) is 3. The van der Waals surface area contributed by atoms with Gasteiger partial charge in [-0.1, -0.05) is 41.0 Å². The lowest BCUT2D eigenvalue weighted by Crippen LogP contribution is -2.51. The van der Waals surface area contributed by atoms with E-state index in [-0.39, 0.29) is 17.2 Å². The molecule has 4 nitrogen and oxygen atoms in total. The van der Waals surface area contributed by atoms with Crippen molar-refractivity contribution in [2.24, 2.45) is 11.3 Å². The summed E-state index contributed by atoms with van der Waals surface area (Å²) >= 11 is 0. The van der Waals surface area contributed by atoms with Crippen molar-refractivity contribution in [2.45, 2.75) is 72.4 Å². The van der Waals surface area contributed by atoms with Crippen LogP contribution in [0.15, 0.2) is 0 Å². The summed E-state index contributed by atoms with van der Waals surface area (Å²) in [6.45, 7) is 14.3. The Labute approximate surface area is 130 Å². The van der Waals surface area contributed by atoms with Crippen molar-refractivity contribution in [3.05, 3.63) is 0 Å². The fourth-order valence-corrected chi connectivity index (χ4v) is 2.73. The topological polar surface area (TPSA) is 52.6 Å². The van der Waals surface area contributed by atoms with Gasteiger partial charge in [0.2, 0.25) is 5.91 Å². The van der Waals surface area contributed by atoms with Crippen LogP contribution in [-0.2, 0) is 4.79 Å². The molecule has 2 N–H and O–H groups in total. The van der Waals surface area contributed by atoms with Crippen LogP contribution in [0.1, 0.15) is 60.8 Å². The van der Waals surface area contributed by atoms with E-state index >= 15 is 0 Å². The predicted molar refractivity (Wildman–Crippen MR) is 87.1 cm³/mol. The van der Waals surface area contributed by atoms with Crippen molar-refractivity contribution >= 4 is 5.91 Å². The van der Waals surface area contributed by atoms with E-state index in [0.29, 0.717) is 12.6 Å². The van der Waals surface area contributed by atoms with Crippen molar-refractivity contribution in [1.29, 1.82) is 0 Å². The normalized spacial score (nSPS) is 22.0. The molecule has 0 aliphatic carbocycles. The number of rotatable bonds is 5. The summed E-state index contributed by atoms with van der Waals surface area (Å²) in [7, 11) is 0. The molecule has 1 saturated heterocycles. The van der Waals surface area contributed by atoms with Crippen LogP contribution in [0.3, 0.4) is 0 Å². The van der Waals surface area contributed by atoms with Crippen LogP contribution in [-0.4, -0.2) is 47.2 Å². The van der Waals surface area contributed by atoms with Crippen molar-refractivity contribution in [2.75, 3.05) is 19.6 Å². The minimum Gasteiger partial charge on any atom is -0.389 e. The molecule has 1 rings (SSSR count). The smallest absolute Gasteiger partial charge is 0.227 e. The summed E-state index contributed by atoms with van der Waals surface area (Å²) in [6.07, 6.45) is 2.92. The zero-order valence-electron chi connectivity index (χ0n) is 14.7. The lowest BCUT2D eigenvalue weighted by Gasteiger charge is -2.38. The van der Waals surface area contributed by atoms with Gasteiger partial charge in [0.05, 0.1) is 5.60 Å². The summed E-state index contributed by atoms with van der Waals surface area (Å²) in [5.74, 6) is 0.528. The molecule has 1 fully saturated rings. The number of nitrogens with zero attached hydrogens (tertiary/aromatic N) is 1. The molecule has 4 heteroatoms. The highest BCUT2D eigenvalue weighted by Crippen LogP contribution is 2.22. The lowest BCUT2D eigenvalue weighted by atomic mass is 9.88. The van der Waals surface area contributed by atoms with E-state index in [1.54, 1.807) is 0 Å². The minimum absolute atomic E-state index is 0.243. The molecule has 0 saturated carbocycles. The van der Waals surface area contributed by atoms with Gasteiger partial charge in [0.1, 0.15) is 0 Å². The largest absolute Gasteiger partial charge is 0.389 e. The molecule has 0 aromatic rings. The van der Waals surface area contributed by atoms with Crippen LogP contribution >= 0.6 is 0 Å². The Morgan fingerprint density at radius 2 is 1.81 bits per heavy atom. The Kier molecular flexibility index (Phi) is 6.23. The molecule has 124 valence electrons. The molecule has 1 aliphatic rings. The first-order valence-electron chi connectivity index (χ1n) is 8.33. The van der Waals surface area contributed by atoms with Gasteiger partial charge in [-0.15, -0.1) is 0 Å². The van der Waals surface area contributed by atoms with Crippen molar-refractivity contribution in [1.82, 2.24) is 10.2 Å². The number of carbonyl (C=O) groups excluding carboxylic acids is 1. The molecule has 1 amide bonds. The van der Waals surface area contributed by atoms with Gasteiger partial charge in [-0.25, -0.2) is 0 Å². The van der Waals surface area contributed by atoms with Crippen LogP contribution in [0, 0.1) is 11.3 Å². The summed E-state index contributed by atoms with van der Waals surface area (Å²) in [4.78, 5) is 14.2. The van der Waals surface area contributed by atoms with E-state index in [2.05, 4.69) is 19.2 Å². The van der Waals surface area contributed by atoms with Gasteiger partial charge < -0.3 is 15.3 Å². The maximum atomic E-state index is 12.2. The Morgan fingerprint density at radius 3 is 2.24 bits per heavy atom. The summed E-state index contributed by atoms with van der Waals surface area (Å²) in [6, 6.07) is 0.407. The fraction of sp³-hybridized carbons (Fsp3) is 0.941. The van der Waals surface area contributed by atoms with Crippen LogP contribution < -0.4 is 5.32 Å². The van der Waals surface area contributed by atoms with E-state index in [4.69, 9.17) is 0 Å². The average Bonchev–Trinajstić information content (AvgIpc) is 2.43. The van der Waals surface area contributed by atoms with Crippen molar-refractivity contribution < 1.29 is 9.90 Å². The third kappa shape index (κ3) is 5.26. The standard InChI is InChI=1S/C17H34N2O2/c1-7-13(2)17(6,21)12-18-14-8-10-19(11-9-14)15(20)16(3,4)5/h13-14,18,21H,7-12H2,1-6H3. The molecule has 1 aliphatic heterocycles. The summed E-state index contributed by atoms with van der Waals surface area (Å²) in [5.41, 5.74) is -0.951. The number of aliphatic hydroxyl groups is 1. The molecule has 0 aromatic carbocycles. The molecule has 0 bridgehead atoms. The van der Waals surface area contributed by atoms with E-state index in [1.165, 1.54) is 0 Å². The van der Waals surface area contributed by atoms with Crippen molar-refractivity contribution in [3.8, 4) is 0 Å². The summed E-state index contributed by atoms with van der Waals surface area (Å²) in [5, 5.41) is 13.9. The lowest BCUT2D eigenvalue weighted by molar-refractivity contribution is -0.140. The van der Waals surface area contributed by atoms with Gasteiger partial charge in [0.25, 0.3) is 0 Å². The minimum atomic E-state index is -0.660. The van der Waals surface area contributed by atoms with Gasteiger partial charge in [0, 0.05) is 31.1 Å². The number of amides is 1. The van der Waals surface area contributed by atoms with Gasteiger partial charge in [-0.05, 0) is 25.7 Å². The summed E-state index contributed by atoms with van der Waals surface area (Å²) < 4.78 is 0. The van der Waals surface area contributed by atoms with E-state index < -0.39 is 5.60 Å². The zero-order chi connectivity index (χ0) is 16.3. The first-order chi connectivity index (χ1) is 9.58. The second-order valence-corrected chi connectivity index (χ2v) is 7.86. The van der Waals surface area contributed by atoms with Crippen LogP contribution in [0.25, 0.3) is 0 Å². The highest BCUT2D eigenvalue weighted by Gasteiger charge is 2.32. The highest BCUT2D eigenvalue weighted by atomic mass is 16.3. The number of nitrogens with one attached hydrogen (secondary N) is 1. The van der Waals surface area contributed by atoms with Crippen LogP contribution in [0.2, 0.25) is 0 Å². The van der Waals surface area contributed by atoms with Gasteiger partial charge >= 0.3 is 0 Å². The van der Waals surface area contributed by atoms with Crippen LogP contribution in [0.4, 0.5) is 0 Å². The molecule has 1 heterocycles. The number of carbonyl (C=O) groups is 1. The Morgan fingerprint density at radius 1 is 1.29 bits per heavy atom. The quantitative estimate of drug-likeness (QED) is 0.819. The SMILES string of the molecule is CCC(C)C(C)(O)CNC1CCN(C(=O)C(C)(C)C)CC1.